The number of urea groups is 1. The molecule has 0 saturated heterocycles. The van der Waals surface area contributed by atoms with Crippen molar-refractivity contribution >= 4 is 11.7 Å². The van der Waals surface area contributed by atoms with Crippen LogP contribution in [0, 0.1) is 0 Å². The van der Waals surface area contributed by atoms with Gasteiger partial charge in [0.25, 0.3) is 0 Å². The van der Waals surface area contributed by atoms with E-state index in [1.165, 1.54) is 0 Å². The lowest BCUT2D eigenvalue weighted by Crippen LogP contribution is -2.36. The minimum absolute atomic E-state index is 0.182. The van der Waals surface area contributed by atoms with Crippen LogP contribution in [0.25, 0.3) is 0 Å². The fourth-order valence-electron chi connectivity index (χ4n) is 1.57. The molecular formula is C14H23N3O3. The highest BCUT2D eigenvalue weighted by Crippen LogP contribution is 2.28. The van der Waals surface area contributed by atoms with Crippen LogP contribution >= 0.6 is 0 Å². The molecule has 1 N–H and O–H groups in total. The normalized spacial score (nSPS) is 10.3. The number of methoxy groups -OCH3 is 2. The Balaban J connectivity index is 2.73. The number of nitrogens with one attached hydrogen (secondary N) is 1. The smallest absolute Gasteiger partial charge is 0.321 e. The number of ether oxygens (including phenoxy) is 2. The molecule has 0 saturated carbocycles. The van der Waals surface area contributed by atoms with Crippen LogP contribution in [-0.2, 0) is 0 Å². The van der Waals surface area contributed by atoms with Gasteiger partial charge in [0, 0.05) is 26.2 Å². The number of rotatable bonds is 6. The van der Waals surface area contributed by atoms with Gasteiger partial charge in [-0.05, 0) is 26.2 Å². The van der Waals surface area contributed by atoms with Crippen molar-refractivity contribution in [3.63, 3.8) is 0 Å². The number of hydrogen-bond donors (Lipinski definition) is 1. The van der Waals surface area contributed by atoms with Crippen molar-refractivity contribution in [2.75, 3.05) is 53.8 Å². The number of carbonyl (C=O) groups excluding carboxylic acids is 1. The van der Waals surface area contributed by atoms with Gasteiger partial charge in [0.05, 0.1) is 19.9 Å². The second kappa shape index (κ2) is 7.59. The summed E-state index contributed by atoms with van der Waals surface area (Å²) in [7, 11) is 8.84. The molecule has 0 heterocycles. The Morgan fingerprint density at radius 2 is 1.85 bits per heavy atom. The van der Waals surface area contributed by atoms with Crippen LogP contribution < -0.4 is 14.8 Å². The first-order chi connectivity index (χ1) is 9.47. The molecule has 112 valence electrons. The zero-order valence-electron chi connectivity index (χ0n) is 12.8. The third-order valence-electron chi connectivity index (χ3n) is 2.88. The lowest BCUT2D eigenvalue weighted by Gasteiger charge is -2.21. The van der Waals surface area contributed by atoms with Gasteiger partial charge in [-0.15, -0.1) is 0 Å². The van der Waals surface area contributed by atoms with Gasteiger partial charge in [-0.1, -0.05) is 0 Å². The van der Waals surface area contributed by atoms with Gasteiger partial charge in [-0.25, -0.2) is 4.79 Å². The van der Waals surface area contributed by atoms with Crippen LogP contribution in [0.2, 0.25) is 0 Å². The largest absolute Gasteiger partial charge is 0.497 e. The highest BCUT2D eigenvalue weighted by Gasteiger charge is 2.12. The molecule has 0 radical (unpaired) electrons. The van der Waals surface area contributed by atoms with E-state index in [1.807, 2.05) is 19.0 Å². The molecule has 1 aromatic carbocycles. The Morgan fingerprint density at radius 3 is 2.40 bits per heavy atom. The summed E-state index contributed by atoms with van der Waals surface area (Å²) in [6, 6.07) is 5.09. The zero-order valence-corrected chi connectivity index (χ0v) is 12.8. The first-order valence-electron chi connectivity index (χ1n) is 6.36. The molecule has 0 aliphatic heterocycles. The first kappa shape index (κ1) is 16.1. The third kappa shape index (κ3) is 4.62. The van der Waals surface area contributed by atoms with Crippen LogP contribution in [0.4, 0.5) is 10.5 Å². The number of likely N-dealkylation sites (N-methyl/N-ethyl adjacent to an activating group) is 2. The molecule has 20 heavy (non-hydrogen) atoms. The minimum Gasteiger partial charge on any atom is -0.497 e. The standard InChI is InChI=1S/C14H23N3O3/c1-16(2)8-9-17(3)14(18)15-12-10-11(19-4)6-7-13(12)20-5/h6-7,10H,8-9H2,1-5H3,(H,15,18). The second-order valence-electron chi connectivity index (χ2n) is 4.72. The van der Waals surface area contributed by atoms with E-state index in [0.717, 1.165) is 6.54 Å². The minimum atomic E-state index is -0.182. The molecule has 0 aliphatic rings. The molecule has 0 fully saturated rings. The van der Waals surface area contributed by atoms with Gasteiger partial charge < -0.3 is 24.6 Å². The van der Waals surface area contributed by atoms with Crippen LogP contribution in [-0.4, -0.2) is 64.3 Å². The predicted molar refractivity (Wildman–Crippen MR) is 79.7 cm³/mol. The molecule has 1 aromatic rings. The molecule has 1 rings (SSSR count). The SMILES string of the molecule is COc1ccc(OC)c(NC(=O)N(C)CCN(C)C)c1. The lowest BCUT2D eigenvalue weighted by molar-refractivity contribution is 0.217. The summed E-state index contributed by atoms with van der Waals surface area (Å²) in [5.41, 5.74) is 0.591. The van der Waals surface area contributed by atoms with Crippen LogP contribution in [0.5, 0.6) is 11.5 Å². The Kier molecular flexibility index (Phi) is 6.11. The van der Waals surface area contributed by atoms with Crippen molar-refractivity contribution in [3.8, 4) is 11.5 Å². The van der Waals surface area contributed by atoms with E-state index in [-0.39, 0.29) is 6.03 Å². The maximum absolute atomic E-state index is 12.1. The monoisotopic (exact) mass is 281 g/mol. The van der Waals surface area contributed by atoms with Crippen molar-refractivity contribution in [3.05, 3.63) is 18.2 Å². The van der Waals surface area contributed by atoms with E-state index in [9.17, 15) is 4.79 Å². The zero-order chi connectivity index (χ0) is 15.1. The van der Waals surface area contributed by atoms with E-state index in [0.29, 0.717) is 23.7 Å². The van der Waals surface area contributed by atoms with Gasteiger partial charge in [0.15, 0.2) is 0 Å². The molecule has 6 heteroatoms. The molecule has 0 aliphatic carbocycles. The van der Waals surface area contributed by atoms with E-state index in [1.54, 1.807) is 44.4 Å². The second-order valence-corrected chi connectivity index (χ2v) is 4.72. The van der Waals surface area contributed by atoms with Crippen molar-refractivity contribution in [1.29, 1.82) is 0 Å². The summed E-state index contributed by atoms with van der Waals surface area (Å²) in [6.07, 6.45) is 0. The molecule has 2 amide bonds. The topological polar surface area (TPSA) is 54.0 Å². The Hall–Kier alpha value is -1.95. The molecule has 0 atom stereocenters. The summed E-state index contributed by atoms with van der Waals surface area (Å²) in [4.78, 5) is 15.7. The van der Waals surface area contributed by atoms with Crippen LogP contribution in [0.3, 0.4) is 0 Å². The van der Waals surface area contributed by atoms with Crippen LogP contribution in [0.1, 0.15) is 0 Å². The third-order valence-corrected chi connectivity index (χ3v) is 2.88. The summed E-state index contributed by atoms with van der Waals surface area (Å²) in [6.45, 7) is 1.45. The Labute approximate surface area is 120 Å². The van der Waals surface area contributed by atoms with Gasteiger partial charge in [0.2, 0.25) is 0 Å². The highest BCUT2D eigenvalue weighted by atomic mass is 16.5. The van der Waals surface area contributed by atoms with Gasteiger partial charge in [-0.2, -0.15) is 0 Å². The molecular weight excluding hydrogens is 258 g/mol. The Bertz CT molecular complexity index is 449. The average Bonchev–Trinajstić information content (AvgIpc) is 2.44. The van der Waals surface area contributed by atoms with Gasteiger partial charge >= 0.3 is 6.03 Å². The van der Waals surface area contributed by atoms with E-state index >= 15 is 0 Å². The fourth-order valence-corrected chi connectivity index (χ4v) is 1.57. The predicted octanol–water partition coefficient (Wildman–Crippen LogP) is 1.73. The Morgan fingerprint density at radius 1 is 1.15 bits per heavy atom. The number of amides is 2. The summed E-state index contributed by atoms with van der Waals surface area (Å²) in [5.74, 6) is 1.26. The van der Waals surface area contributed by atoms with Crippen molar-refractivity contribution in [1.82, 2.24) is 9.80 Å². The number of hydrogen-bond acceptors (Lipinski definition) is 4. The molecule has 0 bridgehead atoms. The average molecular weight is 281 g/mol. The van der Waals surface area contributed by atoms with Crippen molar-refractivity contribution in [2.45, 2.75) is 0 Å². The van der Waals surface area contributed by atoms with E-state index in [4.69, 9.17) is 9.47 Å². The van der Waals surface area contributed by atoms with E-state index in [2.05, 4.69) is 5.32 Å². The van der Waals surface area contributed by atoms with Crippen molar-refractivity contribution < 1.29 is 14.3 Å². The lowest BCUT2D eigenvalue weighted by atomic mass is 10.2. The number of anilines is 1. The molecule has 0 aromatic heterocycles. The number of benzene rings is 1. The van der Waals surface area contributed by atoms with Gasteiger partial charge in [-0.3, -0.25) is 0 Å². The summed E-state index contributed by atoms with van der Waals surface area (Å²) >= 11 is 0. The summed E-state index contributed by atoms with van der Waals surface area (Å²) in [5, 5.41) is 2.82. The quantitative estimate of drug-likeness (QED) is 0.863. The molecule has 0 unspecified atom stereocenters. The van der Waals surface area contributed by atoms with E-state index < -0.39 is 0 Å². The highest BCUT2D eigenvalue weighted by molar-refractivity contribution is 5.91. The first-order valence-corrected chi connectivity index (χ1v) is 6.36. The molecule has 0 spiro atoms. The van der Waals surface area contributed by atoms with Crippen LogP contribution in [0.15, 0.2) is 18.2 Å². The van der Waals surface area contributed by atoms with Crippen molar-refractivity contribution in [2.24, 2.45) is 0 Å². The summed E-state index contributed by atoms with van der Waals surface area (Å²) < 4.78 is 10.4. The number of nitrogens with zero attached hydrogens (tertiary/aromatic N) is 2. The van der Waals surface area contributed by atoms with Gasteiger partial charge in [0.1, 0.15) is 11.5 Å². The maximum Gasteiger partial charge on any atom is 0.321 e. The number of carbonyl (C=O) groups is 1. The fraction of sp³-hybridized carbons (Fsp3) is 0.500. The molecule has 6 nitrogen and oxygen atoms in total. The maximum atomic E-state index is 12.1.